The van der Waals surface area contributed by atoms with Crippen molar-refractivity contribution < 1.29 is 0 Å². The fourth-order valence-electron chi connectivity index (χ4n) is 2.77. The van der Waals surface area contributed by atoms with Gasteiger partial charge in [-0.2, -0.15) is 5.26 Å². The molecule has 1 fully saturated rings. The molecule has 1 aliphatic rings. The van der Waals surface area contributed by atoms with E-state index < -0.39 is 0 Å². The topological polar surface area (TPSA) is 53.0 Å². The number of rotatable bonds is 4. The number of nitrogen functional groups attached to an aromatic ring is 1. The van der Waals surface area contributed by atoms with Crippen molar-refractivity contribution >= 4 is 11.4 Å². The van der Waals surface area contributed by atoms with E-state index in [0.717, 1.165) is 34.6 Å². The predicted octanol–water partition coefficient (Wildman–Crippen LogP) is 3.62. The Morgan fingerprint density at radius 1 is 1.19 bits per heavy atom. The fourth-order valence-corrected chi connectivity index (χ4v) is 2.77. The number of nitrogens with two attached hydrogens (primary N) is 1. The van der Waals surface area contributed by atoms with Gasteiger partial charge in [0.05, 0.1) is 11.3 Å². The van der Waals surface area contributed by atoms with Crippen molar-refractivity contribution in [3.05, 3.63) is 59.2 Å². The molecule has 0 atom stereocenters. The quantitative estimate of drug-likeness (QED) is 0.868. The maximum Gasteiger partial charge on any atom is 0.101 e. The lowest BCUT2D eigenvalue weighted by Gasteiger charge is -2.28. The molecular formula is C18H19N3. The number of nitrogens with zero attached hydrogens (tertiary/aromatic N) is 2. The van der Waals surface area contributed by atoms with E-state index in [-0.39, 0.29) is 0 Å². The summed E-state index contributed by atoms with van der Waals surface area (Å²) in [7, 11) is 0. The van der Waals surface area contributed by atoms with E-state index in [9.17, 15) is 5.26 Å². The summed E-state index contributed by atoms with van der Waals surface area (Å²) < 4.78 is 0. The molecule has 0 bridgehead atoms. The molecule has 2 aromatic rings. The molecule has 0 spiro atoms. The molecule has 0 heterocycles. The summed E-state index contributed by atoms with van der Waals surface area (Å²) in [6, 6.07) is 16.7. The third kappa shape index (κ3) is 2.71. The van der Waals surface area contributed by atoms with Gasteiger partial charge in [0.2, 0.25) is 0 Å². The summed E-state index contributed by atoms with van der Waals surface area (Å²) in [6.45, 7) is 2.83. The molecule has 0 unspecified atom stereocenters. The molecule has 0 saturated heterocycles. The Bertz CT molecular complexity index is 696. The van der Waals surface area contributed by atoms with E-state index in [0.29, 0.717) is 6.04 Å². The molecule has 106 valence electrons. The Labute approximate surface area is 125 Å². The third-order valence-electron chi connectivity index (χ3n) is 4.03. The molecule has 3 rings (SSSR count). The lowest BCUT2D eigenvalue weighted by molar-refractivity contribution is 0.791. The van der Waals surface area contributed by atoms with Crippen LogP contribution in [0.15, 0.2) is 42.5 Å². The van der Waals surface area contributed by atoms with Crippen LogP contribution in [0.2, 0.25) is 0 Å². The van der Waals surface area contributed by atoms with Crippen LogP contribution in [-0.4, -0.2) is 6.04 Å². The maximum atomic E-state index is 9.41. The zero-order chi connectivity index (χ0) is 14.8. The number of para-hydroxylation sites is 2. The van der Waals surface area contributed by atoms with Crippen molar-refractivity contribution in [3.63, 3.8) is 0 Å². The van der Waals surface area contributed by atoms with E-state index in [4.69, 9.17) is 5.73 Å². The van der Waals surface area contributed by atoms with Crippen molar-refractivity contribution in [1.82, 2.24) is 0 Å². The molecule has 1 aliphatic carbocycles. The zero-order valence-corrected chi connectivity index (χ0v) is 12.2. The minimum absolute atomic E-state index is 0.526. The highest BCUT2D eigenvalue weighted by atomic mass is 15.2. The van der Waals surface area contributed by atoms with Crippen molar-refractivity contribution in [1.29, 1.82) is 5.26 Å². The molecule has 1 saturated carbocycles. The van der Waals surface area contributed by atoms with Crippen LogP contribution in [0.5, 0.6) is 0 Å². The van der Waals surface area contributed by atoms with Crippen LogP contribution in [0.4, 0.5) is 11.4 Å². The first kappa shape index (κ1) is 13.5. The highest BCUT2D eigenvalue weighted by Gasteiger charge is 2.31. The van der Waals surface area contributed by atoms with Crippen molar-refractivity contribution in [3.8, 4) is 6.07 Å². The molecular weight excluding hydrogens is 258 g/mol. The van der Waals surface area contributed by atoms with Gasteiger partial charge >= 0.3 is 0 Å². The number of benzene rings is 2. The molecule has 3 nitrogen and oxygen atoms in total. The Hall–Kier alpha value is -2.47. The van der Waals surface area contributed by atoms with Gasteiger partial charge in [0.15, 0.2) is 0 Å². The van der Waals surface area contributed by atoms with E-state index >= 15 is 0 Å². The Morgan fingerprint density at radius 3 is 2.62 bits per heavy atom. The lowest BCUT2D eigenvalue weighted by atomic mass is 10.1. The largest absolute Gasteiger partial charge is 0.398 e. The minimum Gasteiger partial charge on any atom is -0.398 e. The first-order valence-corrected chi connectivity index (χ1v) is 7.30. The first-order chi connectivity index (χ1) is 10.2. The van der Waals surface area contributed by atoms with Crippen LogP contribution in [0, 0.1) is 18.3 Å². The molecule has 3 heteroatoms. The number of aryl methyl sites for hydroxylation is 1. The van der Waals surface area contributed by atoms with Gasteiger partial charge in [0, 0.05) is 18.3 Å². The molecule has 2 aromatic carbocycles. The summed E-state index contributed by atoms with van der Waals surface area (Å²) in [5.74, 6) is 0. The number of nitriles is 1. The predicted molar refractivity (Wildman–Crippen MR) is 86.0 cm³/mol. The molecule has 0 amide bonds. The average Bonchev–Trinajstić information content (AvgIpc) is 3.31. The highest BCUT2D eigenvalue weighted by Crippen LogP contribution is 2.37. The van der Waals surface area contributed by atoms with Crippen LogP contribution in [0.3, 0.4) is 0 Å². The van der Waals surface area contributed by atoms with Crippen LogP contribution in [-0.2, 0) is 6.54 Å². The van der Waals surface area contributed by atoms with Crippen LogP contribution in [0.25, 0.3) is 0 Å². The van der Waals surface area contributed by atoms with Gasteiger partial charge in [-0.1, -0.05) is 30.3 Å². The van der Waals surface area contributed by atoms with E-state index in [1.54, 1.807) is 0 Å². The molecule has 2 N–H and O–H groups in total. The number of anilines is 2. The van der Waals surface area contributed by atoms with Gasteiger partial charge in [-0.05, 0) is 43.0 Å². The van der Waals surface area contributed by atoms with Gasteiger partial charge in [0.25, 0.3) is 0 Å². The van der Waals surface area contributed by atoms with Crippen molar-refractivity contribution in [2.75, 3.05) is 10.6 Å². The molecule has 0 radical (unpaired) electrons. The van der Waals surface area contributed by atoms with Crippen LogP contribution < -0.4 is 10.6 Å². The maximum absolute atomic E-state index is 9.41. The van der Waals surface area contributed by atoms with E-state index in [1.807, 2.05) is 30.3 Å². The number of hydrogen-bond acceptors (Lipinski definition) is 3. The average molecular weight is 277 g/mol. The van der Waals surface area contributed by atoms with Gasteiger partial charge in [-0.3, -0.25) is 0 Å². The summed E-state index contributed by atoms with van der Waals surface area (Å²) in [5, 5.41) is 9.41. The Balaban J connectivity index is 2.00. The molecule has 0 aliphatic heterocycles. The van der Waals surface area contributed by atoms with Gasteiger partial charge in [-0.25, -0.2) is 0 Å². The smallest absolute Gasteiger partial charge is 0.101 e. The lowest BCUT2D eigenvalue weighted by Crippen LogP contribution is -2.27. The summed E-state index contributed by atoms with van der Waals surface area (Å²) >= 11 is 0. The van der Waals surface area contributed by atoms with Crippen molar-refractivity contribution in [2.45, 2.75) is 32.4 Å². The second-order valence-electron chi connectivity index (χ2n) is 5.64. The zero-order valence-electron chi connectivity index (χ0n) is 12.2. The summed E-state index contributed by atoms with van der Waals surface area (Å²) in [5.41, 5.74) is 11.0. The van der Waals surface area contributed by atoms with Crippen LogP contribution >= 0.6 is 0 Å². The standard InChI is InChI=1S/C18H19N3/c1-13-5-4-7-14(11-19)18(13)21(16-9-10-16)12-15-6-2-3-8-17(15)20/h2-8,16H,9-10,12,20H2,1H3. The van der Waals surface area contributed by atoms with E-state index in [1.165, 1.54) is 12.8 Å². The monoisotopic (exact) mass is 277 g/mol. The van der Waals surface area contributed by atoms with Crippen molar-refractivity contribution in [2.24, 2.45) is 0 Å². The van der Waals surface area contributed by atoms with Gasteiger partial charge in [-0.15, -0.1) is 0 Å². The van der Waals surface area contributed by atoms with Gasteiger partial charge in [0.1, 0.15) is 6.07 Å². The normalized spacial score (nSPS) is 13.7. The number of hydrogen-bond donors (Lipinski definition) is 1. The van der Waals surface area contributed by atoms with E-state index in [2.05, 4.69) is 30.0 Å². The SMILES string of the molecule is Cc1cccc(C#N)c1N(Cc1ccccc1N)C1CC1. The Kier molecular flexibility index (Phi) is 3.53. The molecule has 21 heavy (non-hydrogen) atoms. The minimum atomic E-state index is 0.526. The first-order valence-electron chi connectivity index (χ1n) is 7.30. The van der Waals surface area contributed by atoms with Gasteiger partial charge < -0.3 is 10.6 Å². The Morgan fingerprint density at radius 2 is 1.95 bits per heavy atom. The molecule has 0 aromatic heterocycles. The third-order valence-corrected chi connectivity index (χ3v) is 4.03. The second-order valence-corrected chi connectivity index (χ2v) is 5.64. The highest BCUT2D eigenvalue weighted by molar-refractivity contribution is 5.66. The summed E-state index contributed by atoms with van der Waals surface area (Å²) in [4.78, 5) is 2.35. The summed E-state index contributed by atoms with van der Waals surface area (Å²) in [6.07, 6.45) is 2.37. The second kappa shape index (κ2) is 5.49. The fraction of sp³-hybridized carbons (Fsp3) is 0.278. The van der Waals surface area contributed by atoms with Crippen LogP contribution in [0.1, 0.15) is 29.5 Å².